The average molecular weight is 272 g/mol. The molecule has 0 atom stereocenters. The molecule has 1 rings (SSSR count). The highest BCUT2D eigenvalue weighted by Gasteiger charge is 2.11. The molecular formula is C11H14BrNO2. The van der Waals surface area contributed by atoms with Crippen LogP contribution in [-0.4, -0.2) is 12.0 Å². The summed E-state index contributed by atoms with van der Waals surface area (Å²) in [6.07, 6.45) is -0.0301. The molecule has 4 heteroatoms. The summed E-state index contributed by atoms with van der Waals surface area (Å²) < 4.78 is 0.801. The SMILES string of the molecule is Cc1cccc(C(=O)NOC(C)C)c1Br. The van der Waals surface area contributed by atoms with E-state index in [9.17, 15) is 4.79 Å². The number of hydrogen-bond donors (Lipinski definition) is 1. The van der Waals surface area contributed by atoms with Crippen molar-refractivity contribution in [3.8, 4) is 0 Å². The minimum atomic E-state index is -0.237. The summed E-state index contributed by atoms with van der Waals surface area (Å²) in [5, 5.41) is 0. The van der Waals surface area contributed by atoms with Crippen molar-refractivity contribution in [2.24, 2.45) is 0 Å². The summed E-state index contributed by atoms with van der Waals surface area (Å²) in [7, 11) is 0. The number of rotatable bonds is 3. The highest BCUT2D eigenvalue weighted by molar-refractivity contribution is 9.10. The van der Waals surface area contributed by atoms with Gasteiger partial charge in [0, 0.05) is 4.47 Å². The van der Waals surface area contributed by atoms with Gasteiger partial charge >= 0.3 is 0 Å². The molecule has 15 heavy (non-hydrogen) atoms. The second-order valence-electron chi connectivity index (χ2n) is 3.53. The molecule has 0 aliphatic carbocycles. The molecule has 0 bridgehead atoms. The van der Waals surface area contributed by atoms with Gasteiger partial charge in [-0.3, -0.25) is 9.63 Å². The summed E-state index contributed by atoms with van der Waals surface area (Å²) >= 11 is 3.37. The van der Waals surface area contributed by atoms with E-state index in [0.29, 0.717) is 5.56 Å². The molecule has 0 aromatic heterocycles. The number of aryl methyl sites for hydroxylation is 1. The van der Waals surface area contributed by atoms with Gasteiger partial charge in [-0.1, -0.05) is 12.1 Å². The fraction of sp³-hybridized carbons (Fsp3) is 0.364. The molecule has 0 aliphatic heterocycles. The number of hydroxylamine groups is 1. The third-order valence-corrected chi connectivity index (χ3v) is 2.88. The predicted molar refractivity (Wildman–Crippen MR) is 62.6 cm³/mol. The molecule has 1 aromatic rings. The largest absolute Gasteiger partial charge is 0.276 e. The van der Waals surface area contributed by atoms with Crippen LogP contribution in [-0.2, 0) is 4.84 Å². The van der Waals surface area contributed by atoms with Crippen LogP contribution in [0.2, 0.25) is 0 Å². The van der Waals surface area contributed by atoms with Crippen molar-refractivity contribution in [1.82, 2.24) is 5.48 Å². The third-order valence-electron chi connectivity index (χ3n) is 1.82. The van der Waals surface area contributed by atoms with Gasteiger partial charge in [-0.25, -0.2) is 5.48 Å². The molecule has 1 amide bonds. The van der Waals surface area contributed by atoms with E-state index in [4.69, 9.17) is 4.84 Å². The first-order valence-electron chi connectivity index (χ1n) is 4.73. The highest BCUT2D eigenvalue weighted by atomic mass is 79.9. The topological polar surface area (TPSA) is 38.3 Å². The lowest BCUT2D eigenvalue weighted by molar-refractivity contribution is 0.000132. The maximum atomic E-state index is 11.7. The number of nitrogens with one attached hydrogen (secondary N) is 1. The van der Waals surface area contributed by atoms with E-state index in [2.05, 4.69) is 21.4 Å². The summed E-state index contributed by atoms with van der Waals surface area (Å²) in [5.41, 5.74) is 4.00. The van der Waals surface area contributed by atoms with E-state index >= 15 is 0 Å². The van der Waals surface area contributed by atoms with Gasteiger partial charge in [0.1, 0.15) is 0 Å². The van der Waals surface area contributed by atoms with Gasteiger partial charge in [0.2, 0.25) is 0 Å². The van der Waals surface area contributed by atoms with Crippen molar-refractivity contribution in [3.05, 3.63) is 33.8 Å². The molecule has 0 radical (unpaired) electrons. The molecule has 0 unspecified atom stereocenters. The number of benzene rings is 1. The standard InChI is InChI=1S/C11H14BrNO2/c1-7(2)15-13-11(14)9-6-4-5-8(3)10(9)12/h4-7H,1-3H3,(H,13,14). The molecular weight excluding hydrogens is 258 g/mol. The Morgan fingerprint density at radius 2 is 2.13 bits per heavy atom. The van der Waals surface area contributed by atoms with Gasteiger partial charge in [0.05, 0.1) is 11.7 Å². The van der Waals surface area contributed by atoms with Gasteiger partial charge in [-0.05, 0) is 48.3 Å². The van der Waals surface area contributed by atoms with E-state index in [0.717, 1.165) is 10.0 Å². The van der Waals surface area contributed by atoms with Crippen molar-refractivity contribution in [2.75, 3.05) is 0 Å². The smallest absolute Gasteiger partial charge is 0.271 e. The maximum Gasteiger partial charge on any atom is 0.276 e. The molecule has 0 fully saturated rings. The van der Waals surface area contributed by atoms with Crippen molar-refractivity contribution in [1.29, 1.82) is 0 Å². The minimum absolute atomic E-state index is 0.0301. The molecule has 0 aliphatic rings. The van der Waals surface area contributed by atoms with Crippen LogP contribution in [0.15, 0.2) is 22.7 Å². The Hall–Kier alpha value is -0.870. The Balaban J connectivity index is 2.78. The number of amides is 1. The fourth-order valence-electron chi connectivity index (χ4n) is 1.05. The van der Waals surface area contributed by atoms with E-state index in [1.165, 1.54) is 0 Å². The molecule has 0 spiro atoms. The van der Waals surface area contributed by atoms with Gasteiger partial charge in [-0.2, -0.15) is 0 Å². The first-order valence-corrected chi connectivity index (χ1v) is 5.52. The molecule has 3 nitrogen and oxygen atoms in total. The molecule has 1 aromatic carbocycles. The van der Waals surface area contributed by atoms with Crippen LogP contribution in [0.3, 0.4) is 0 Å². The second kappa shape index (κ2) is 5.28. The van der Waals surface area contributed by atoms with Crippen molar-refractivity contribution in [2.45, 2.75) is 26.9 Å². The highest BCUT2D eigenvalue weighted by Crippen LogP contribution is 2.20. The monoisotopic (exact) mass is 271 g/mol. The number of carbonyl (C=O) groups is 1. The average Bonchev–Trinajstić information content (AvgIpc) is 2.18. The first-order chi connectivity index (χ1) is 7.02. The molecule has 1 N–H and O–H groups in total. The van der Waals surface area contributed by atoms with Crippen molar-refractivity contribution in [3.63, 3.8) is 0 Å². The van der Waals surface area contributed by atoms with E-state index in [1.807, 2.05) is 32.9 Å². The Kier molecular flexibility index (Phi) is 4.29. The number of carbonyl (C=O) groups excluding carboxylic acids is 1. The summed E-state index contributed by atoms with van der Waals surface area (Å²) in [4.78, 5) is 16.7. The molecule has 0 saturated heterocycles. The van der Waals surface area contributed by atoms with E-state index in [1.54, 1.807) is 6.07 Å². The third kappa shape index (κ3) is 3.32. The van der Waals surface area contributed by atoms with Crippen molar-refractivity contribution >= 4 is 21.8 Å². The van der Waals surface area contributed by atoms with Crippen LogP contribution in [0.4, 0.5) is 0 Å². The second-order valence-corrected chi connectivity index (χ2v) is 4.33. The zero-order chi connectivity index (χ0) is 11.4. The van der Waals surface area contributed by atoms with Gasteiger partial charge in [-0.15, -0.1) is 0 Å². The lowest BCUT2D eigenvalue weighted by Crippen LogP contribution is -2.27. The number of halogens is 1. The van der Waals surface area contributed by atoms with E-state index < -0.39 is 0 Å². The first kappa shape index (κ1) is 12.2. The fourth-order valence-corrected chi connectivity index (χ4v) is 1.49. The zero-order valence-corrected chi connectivity index (χ0v) is 10.6. The quantitative estimate of drug-likeness (QED) is 0.859. The molecule has 82 valence electrons. The zero-order valence-electron chi connectivity index (χ0n) is 9.00. The molecule has 0 saturated carbocycles. The normalized spacial score (nSPS) is 10.5. The predicted octanol–water partition coefficient (Wildman–Crippen LogP) is 2.83. The lowest BCUT2D eigenvalue weighted by Gasteiger charge is -2.10. The maximum absolute atomic E-state index is 11.7. The van der Waals surface area contributed by atoms with Gasteiger partial charge < -0.3 is 0 Å². The Bertz CT molecular complexity index is 364. The minimum Gasteiger partial charge on any atom is -0.271 e. The Morgan fingerprint density at radius 1 is 1.47 bits per heavy atom. The Morgan fingerprint density at radius 3 is 2.73 bits per heavy atom. The van der Waals surface area contributed by atoms with Crippen LogP contribution in [0.1, 0.15) is 29.8 Å². The van der Waals surface area contributed by atoms with Crippen LogP contribution < -0.4 is 5.48 Å². The van der Waals surface area contributed by atoms with Crippen LogP contribution in [0, 0.1) is 6.92 Å². The van der Waals surface area contributed by atoms with Gasteiger partial charge in [0.25, 0.3) is 5.91 Å². The van der Waals surface area contributed by atoms with Crippen molar-refractivity contribution < 1.29 is 9.63 Å². The van der Waals surface area contributed by atoms with Crippen LogP contribution in [0.5, 0.6) is 0 Å². The number of hydrogen-bond acceptors (Lipinski definition) is 2. The Labute approximate surface area is 97.9 Å². The summed E-state index contributed by atoms with van der Waals surface area (Å²) in [5.74, 6) is -0.237. The van der Waals surface area contributed by atoms with Gasteiger partial charge in [0.15, 0.2) is 0 Å². The van der Waals surface area contributed by atoms with Crippen LogP contribution in [0.25, 0.3) is 0 Å². The summed E-state index contributed by atoms with van der Waals surface area (Å²) in [6, 6.07) is 5.52. The summed E-state index contributed by atoms with van der Waals surface area (Å²) in [6.45, 7) is 5.64. The molecule has 0 heterocycles. The van der Waals surface area contributed by atoms with E-state index in [-0.39, 0.29) is 12.0 Å². The van der Waals surface area contributed by atoms with Crippen LogP contribution >= 0.6 is 15.9 Å². The lowest BCUT2D eigenvalue weighted by atomic mass is 10.1.